The van der Waals surface area contributed by atoms with E-state index in [1.807, 2.05) is 24.3 Å². The average molecular weight is 242 g/mol. The largest absolute Gasteiger partial charge is 0.492 e. The fraction of sp³-hybridized carbons (Fsp3) is 0.538. The van der Waals surface area contributed by atoms with Crippen LogP contribution in [0.1, 0.15) is 27.2 Å². The predicted molar refractivity (Wildman–Crippen MR) is 69.3 cm³/mol. The molecule has 0 aliphatic rings. The maximum absolute atomic E-state index is 5.97. The molecule has 1 aromatic carbocycles. The van der Waals surface area contributed by atoms with Gasteiger partial charge in [-0.1, -0.05) is 23.7 Å². The highest BCUT2D eigenvalue weighted by Gasteiger charge is 2.07. The van der Waals surface area contributed by atoms with E-state index >= 15 is 0 Å². The summed E-state index contributed by atoms with van der Waals surface area (Å²) in [5.41, 5.74) is 0.171. The van der Waals surface area contributed by atoms with Crippen LogP contribution in [0, 0.1) is 0 Å². The zero-order valence-electron chi connectivity index (χ0n) is 10.2. The van der Waals surface area contributed by atoms with Crippen molar-refractivity contribution in [2.24, 2.45) is 0 Å². The number of nitrogens with one attached hydrogen (secondary N) is 1. The van der Waals surface area contributed by atoms with Crippen molar-refractivity contribution >= 4 is 11.6 Å². The van der Waals surface area contributed by atoms with E-state index < -0.39 is 0 Å². The molecule has 90 valence electrons. The normalized spacial score (nSPS) is 11.5. The molecule has 0 fully saturated rings. The Labute approximate surface area is 103 Å². The van der Waals surface area contributed by atoms with Crippen LogP contribution in [0.3, 0.4) is 0 Å². The van der Waals surface area contributed by atoms with Crippen molar-refractivity contribution in [1.29, 1.82) is 0 Å². The number of hydrogen-bond acceptors (Lipinski definition) is 2. The standard InChI is InChI=1S/C13H20ClNO/c1-13(2,3)15-9-6-10-16-12-8-5-4-7-11(12)14/h4-5,7-8,15H,6,9-10H2,1-3H3. The zero-order chi connectivity index (χ0) is 12.0. The SMILES string of the molecule is CC(C)(C)NCCCOc1ccccc1Cl. The van der Waals surface area contributed by atoms with Crippen LogP contribution in [-0.4, -0.2) is 18.7 Å². The van der Waals surface area contributed by atoms with E-state index in [2.05, 4.69) is 26.1 Å². The Morgan fingerprint density at radius 1 is 1.25 bits per heavy atom. The fourth-order valence-electron chi connectivity index (χ4n) is 1.28. The highest BCUT2D eigenvalue weighted by Crippen LogP contribution is 2.22. The summed E-state index contributed by atoms with van der Waals surface area (Å²) in [7, 11) is 0. The van der Waals surface area contributed by atoms with Crippen molar-refractivity contribution in [3.8, 4) is 5.75 Å². The molecule has 1 rings (SSSR count). The quantitative estimate of drug-likeness (QED) is 0.797. The summed E-state index contributed by atoms with van der Waals surface area (Å²) in [6.45, 7) is 8.10. The van der Waals surface area contributed by atoms with Crippen molar-refractivity contribution in [3.63, 3.8) is 0 Å². The monoisotopic (exact) mass is 241 g/mol. The molecule has 0 saturated carbocycles. The van der Waals surface area contributed by atoms with Crippen molar-refractivity contribution in [1.82, 2.24) is 5.32 Å². The van der Waals surface area contributed by atoms with Gasteiger partial charge in [-0.25, -0.2) is 0 Å². The molecule has 16 heavy (non-hydrogen) atoms. The summed E-state index contributed by atoms with van der Waals surface area (Å²) in [4.78, 5) is 0. The third-order valence-electron chi connectivity index (χ3n) is 2.07. The van der Waals surface area contributed by atoms with Gasteiger partial charge in [0.1, 0.15) is 5.75 Å². The second-order valence-electron chi connectivity index (χ2n) is 4.81. The van der Waals surface area contributed by atoms with Gasteiger partial charge in [0, 0.05) is 5.54 Å². The first-order valence-electron chi connectivity index (χ1n) is 5.61. The van der Waals surface area contributed by atoms with Crippen LogP contribution in [-0.2, 0) is 0 Å². The smallest absolute Gasteiger partial charge is 0.137 e. The first kappa shape index (κ1) is 13.3. The lowest BCUT2D eigenvalue weighted by Crippen LogP contribution is -2.36. The Bertz CT molecular complexity index is 320. The number of ether oxygens (including phenoxy) is 1. The Kier molecular flexibility index (Phi) is 5.10. The molecule has 0 spiro atoms. The van der Waals surface area contributed by atoms with Gasteiger partial charge in [0.05, 0.1) is 11.6 Å². The second-order valence-corrected chi connectivity index (χ2v) is 5.22. The summed E-state index contributed by atoms with van der Waals surface area (Å²) in [5, 5.41) is 4.08. The van der Waals surface area contributed by atoms with E-state index in [-0.39, 0.29) is 5.54 Å². The summed E-state index contributed by atoms with van der Waals surface area (Å²) >= 11 is 5.97. The Balaban J connectivity index is 2.19. The highest BCUT2D eigenvalue weighted by atomic mass is 35.5. The van der Waals surface area contributed by atoms with Gasteiger partial charge in [-0.3, -0.25) is 0 Å². The van der Waals surface area contributed by atoms with Crippen LogP contribution in [0.15, 0.2) is 24.3 Å². The molecular weight excluding hydrogens is 222 g/mol. The number of para-hydroxylation sites is 1. The molecule has 0 saturated heterocycles. The lowest BCUT2D eigenvalue weighted by Gasteiger charge is -2.20. The second kappa shape index (κ2) is 6.12. The molecule has 0 unspecified atom stereocenters. The van der Waals surface area contributed by atoms with Gasteiger partial charge in [0.2, 0.25) is 0 Å². The van der Waals surface area contributed by atoms with E-state index in [0.29, 0.717) is 11.6 Å². The number of halogens is 1. The van der Waals surface area contributed by atoms with Gasteiger partial charge in [-0.2, -0.15) is 0 Å². The summed E-state index contributed by atoms with van der Waals surface area (Å²) in [6.07, 6.45) is 0.975. The van der Waals surface area contributed by atoms with Crippen LogP contribution in [0.2, 0.25) is 5.02 Å². The Morgan fingerprint density at radius 2 is 1.94 bits per heavy atom. The molecule has 0 atom stereocenters. The summed E-state index contributed by atoms with van der Waals surface area (Å²) in [6, 6.07) is 7.55. The number of hydrogen-bond donors (Lipinski definition) is 1. The highest BCUT2D eigenvalue weighted by molar-refractivity contribution is 6.32. The molecule has 0 bridgehead atoms. The molecule has 0 aliphatic carbocycles. The minimum atomic E-state index is 0.171. The first-order chi connectivity index (χ1) is 7.49. The topological polar surface area (TPSA) is 21.3 Å². The van der Waals surface area contributed by atoms with Crippen LogP contribution in [0.4, 0.5) is 0 Å². The molecule has 2 nitrogen and oxygen atoms in total. The third-order valence-corrected chi connectivity index (χ3v) is 2.38. The fourth-order valence-corrected chi connectivity index (χ4v) is 1.47. The zero-order valence-corrected chi connectivity index (χ0v) is 11.0. The van der Waals surface area contributed by atoms with E-state index in [9.17, 15) is 0 Å². The molecule has 0 heterocycles. The molecule has 0 aliphatic heterocycles. The number of benzene rings is 1. The average Bonchev–Trinajstić information content (AvgIpc) is 2.18. The van der Waals surface area contributed by atoms with Gasteiger partial charge in [0.15, 0.2) is 0 Å². The van der Waals surface area contributed by atoms with Gasteiger partial charge >= 0.3 is 0 Å². The molecular formula is C13H20ClNO. The summed E-state index contributed by atoms with van der Waals surface area (Å²) in [5.74, 6) is 0.764. The lowest BCUT2D eigenvalue weighted by atomic mass is 10.1. The molecule has 0 radical (unpaired) electrons. The van der Waals surface area contributed by atoms with E-state index in [1.165, 1.54) is 0 Å². The lowest BCUT2D eigenvalue weighted by molar-refractivity contribution is 0.298. The molecule has 3 heteroatoms. The predicted octanol–water partition coefficient (Wildman–Crippen LogP) is 3.50. The van der Waals surface area contributed by atoms with Crippen molar-refractivity contribution in [2.75, 3.05) is 13.2 Å². The van der Waals surface area contributed by atoms with Gasteiger partial charge in [-0.05, 0) is 45.9 Å². The van der Waals surface area contributed by atoms with Crippen molar-refractivity contribution in [3.05, 3.63) is 29.3 Å². The van der Waals surface area contributed by atoms with E-state index in [4.69, 9.17) is 16.3 Å². The van der Waals surface area contributed by atoms with E-state index in [0.717, 1.165) is 18.7 Å². The van der Waals surface area contributed by atoms with Crippen molar-refractivity contribution in [2.45, 2.75) is 32.7 Å². The first-order valence-corrected chi connectivity index (χ1v) is 5.99. The molecule has 1 N–H and O–H groups in total. The minimum absolute atomic E-state index is 0.171. The van der Waals surface area contributed by atoms with Crippen LogP contribution in [0.5, 0.6) is 5.75 Å². The molecule has 0 aromatic heterocycles. The van der Waals surface area contributed by atoms with Crippen LogP contribution < -0.4 is 10.1 Å². The van der Waals surface area contributed by atoms with Gasteiger partial charge in [0.25, 0.3) is 0 Å². The van der Waals surface area contributed by atoms with Gasteiger partial charge in [-0.15, -0.1) is 0 Å². The number of rotatable bonds is 5. The Hall–Kier alpha value is -0.730. The maximum atomic E-state index is 5.97. The molecule has 0 amide bonds. The summed E-state index contributed by atoms with van der Waals surface area (Å²) < 4.78 is 5.58. The van der Waals surface area contributed by atoms with E-state index in [1.54, 1.807) is 0 Å². The third kappa shape index (κ3) is 5.38. The van der Waals surface area contributed by atoms with Crippen molar-refractivity contribution < 1.29 is 4.74 Å². The van der Waals surface area contributed by atoms with Crippen LogP contribution in [0.25, 0.3) is 0 Å². The maximum Gasteiger partial charge on any atom is 0.137 e. The molecule has 1 aromatic rings. The van der Waals surface area contributed by atoms with Gasteiger partial charge < -0.3 is 10.1 Å². The Morgan fingerprint density at radius 3 is 2.56 bits per heavy atom. The minimum Gasteiger partial charge on any atom is -0.492 e. The van der Waals surface area contributed by atoms with Crippen LogP contribution >= 0.6 is 11.6 Å².